The molecule has 1 aromatic heterocycles. The van der Waals surface area contributed by atoms with E-state index in [9.17, 15) is 0 Å². The lowest BCUT2D eigenvalue weighted by Gasteiger charge is -2.07. The molecule has 0 amide bonds. The fourth-order valence-electron chi connectivity index (χ4n) is 2.33. The minimum Gasteiger partial charge on any atom is -0.302 e. The lowest BCUT2D eigenvalue weighted by molar-refractivity contribution is 0.687. The predicted molar refractivity (Wildman–Crippen MR) is 96.9 cm³/mol. The molecule has 0 unspecified atom stereocenters. The molecular formula is C18H18ClN3S. The van der Waals surface area contributed by atoms with E-state index in [-0.39, 0.29) is 0 Å². The maximum Gasteiger partial charge on any atom is 0.191 e. The topological polar surface area (TPSA) is 30.7 Å². The van der Waals surface area contributed by atoms with E-state index >= 15 is 0 Å². The third-order valence-electron chi connectivity index (χ3n) is 3.62. The zero-order chi connectivity index (χ0) is 16.2. The number of thioether (sulfide) groups is 1. The summed E-state index contributed by atoms with van der Waals surface area (Å²) in [6.07, 6.45) is 0. The summed E-state index contributed by atoms with van der Waals surface area (Å²) in [6, 6.07) is 16.3. The van der Waals surface area contributed by atoms with Gasteiger partial charge in [0.1, 0.15) is 0 Å². The van der Waals surface area contributed by atoms with Gasteiger partial charge in [0.2, 0.25) is 0 Å². The van der Waals surface area contributed by atoms with Crippen LogP contribution in [0.3, 0.4) is 0 Å². The average molecular weight is 344 g/mol. The molecule has 0 radical (unpaired) electrons. The molecule has 118 valence electrons. The Labute approximate surface area is 145 Å². The molecule has 3 aromatic rings. The summed E-state index contributed by atoms with van der Waals surface area (Å²) in [4.78, 5) is 0. The van der Waals surface area contributed by atoms with Crippen LogP contribution in [0.4, 0.5) is 0 Å². The molecule has 0 saturated carbocycles. The molecular weight excluding hydrogens is 326 g/mol. The molecule has 5 heteroatoms. The van der Waals surface area contributed by atoms with Gasteiger partial charge in [-0.25, -0.2) is 0 Å². The van der Waals surface area contributed by atoms with Crippen LogP contribution < -0.4 is 0 Å². The van der Waals surface area contributed by atoms with E-state index in [0.717, 1.165) is 33.9 Å². The van der Waals surface area contributed by atoms with Gasteiger partial charge in [-0.15, -0.1) is 10.2 Å². The Hall–Kier alpha value is -1.78. The number of rotatable bonds is 5. The van der Waals surface area contributed by atoms with Gasteiger partial charge in [-0.05, 0) is 31.5 Å². The van der Waals surface area contributed by atoms with E-state index in [2.05, 4.69) is 52.9 Å². The van der Waals surface area contributed by atoms with E-state index in [1.807, 2.05) is 24.3 Å². The van der Waals surface area contributed by atoms with Crippen molar-refractivity contribution in [2.75, 3.05) is 0 Å². The molecule has 2 aromatic carbocycles. The van der Waals surface area contributed by atoms with Crippen LogP contribution in [0.25, 0.3) is 11.4 Å². The van der Waals surface area contributed by atoms with Gasteiger partial charge in [-0.3, -0.25) is 0 Å². The van der Waals surface area contributed by atoms with Gasteiger partial charge >= 0.3 is 0 Å². The van der Waals surface area contributed by atoms with Crippen molar-refractivity contribution in [3.63, 3.8) is 0 Å². The van der Waals surface area contributed by atoms with E-state index in [0.29, 0.717) is 0 Å². The number of hydrogen-bond donors (Lipinski definition) is 0. The van der Waals surface area contributed by atoms with E-state index in [1.165, 1.54) is 11.1 Å². The van der Waals surface area contributed by atoms with Gasteiger partial charge in [0.25, 0.3) is 0 Å². The summed E-state index contributed by atoms with van der Waals surface area (Å²) in [5, 5.41) is 10.5. The number of nitrogens with zero attached hydrogens (tertiary/aromatic N) is 3. The zero-order valence-corrected chi connectivity index (χ0v) is 14.7. The van der Waals surface area contributed by atoms with Crippen molar-refractivity contribution >= 4 is 23.4 Å². The van der Waals surface area contributed by atoms with Crippen LogP contribution in [0.1, 0.15) is 18.1 Å². The first-order valence-corrected chi connectivity index (χ1v) is 8.91. The maximum absolute atomic E-state index is 5.93. The Morgan fingerprint density at radius 3 is 2.35 bits per heavy atom. The second kappa shape index (κ2) is 7.20. The molecule has 3 rings (SSSR count). The molecule has 0 bridgehead atoms. The quantitative estimate of drug-likeness (QED) is 0.595. The average Bonchev–Trinajstić information content (AvgIpc) is 2.98. The summed E-state index contributed by atoms with van der Waals surface area (Å²) >= 11 is 7.62. The third-order valence-corrected chi connectivity index (χ3v) is 4.91. The molecule has 0 atom stereocenters. The van der Waals surface area contributed by atoms with Crippen LogP contribution in [0.15, 0.2) is 53.7 Å². The van der Waals surface area contributed by atoms with Gasteiger partial charge < -0.3 is 4.57 Å². The zero-order valence-electron chi connectivity index (χ0n) is 13.2. The second-order valence-electron chi connectivity index (χ2n) is 5.33. The summed E-state index contributed by atoms with van der Waals surface area (Å²) < 4.78 is 2.16. The first-order valence-electron chi connectivity index (χ1n) is 7.55. The highest BCUT2D eigenvalue weighted by Crippen LogP contribution is 2.26. The van der Waals surface area contributed by atoms with Crippen LogP contribution in [0, 0.1) is 6.92 Å². The largest absolute Gasteiger partial charge is 0.302 e. The standard InChI is InChI=1S/C18H18ClN3S/c1-3-22-17(15-8-4-13(2)5-9-15)20-21-18(22)23-12-14-6-10-16(19)11-7-14/h4-11H,3,12H2,1-2H3. The maximum atomic E-state index is 5.93. The highest BCUT2D eigenvalue weighted by atomic mass is 35.5. The fraction of sp³-hybridized carbons (Fsp3) is 0.222. The summed E-state index contributed by atoms with van der Waals surface area (Å²) in [5.41, 5.74) is 3.57. The minimum absolute atomic E-state index is 0.761. The van der Waals surface area contributed by atoms with Crippen molar-refractivity contribution in [1.82, 2.24) is 14.8 Å². The highest BCUT2D eigenvalue weighted by Gasteiger charge is 2.13. The van der Waals surface area contributed by atoms with Crippen LogP contribution >= 0.6 is 23.4 Å². The normalized spacial score (nSPS) is 10.9. The minimum atomic E-state index is 0.761. The number of halogens is 1. The van der Waals surface area contributed by atoms with Gasteiger partial charge in [0.05, 0.1) is 0 Å². The van der Waals surface area contributed by atoms with Gasteiger partial charge in [0, 0.05) is 22.9 Å². The van der Waals surface area contributed by atoms with Crippen LogP contribution in [0.2, 0.25) is 5.02 Å². The molecule has 23 heavy (non-hydrogen) atoms. The highest BCUT2D eigenvalue weighted by molar-refractivity contribution is 7.98. The molecule has 0 fully saturated rings. The Kier molecular flexibility index (Phi) is 5.03. The monoisotopic (exact) mass is 343 g/mol. The van der Waals surface area contributed by atoms with E-state index in [1.54, 1.807) is 11.8 Å². The second-order valence-corrected chi connectivity index (χ2v) is 6.71. The smallest absolute Gasteiger partial charge is 0.191 e. The van der Waals surface area contributed by atoms with Gasteiger partial charge in [-0.1, -0.05) is 65.3 Å². The molecule has 0 spiro atoms. The van der Waals surface area contributed by atoms with Crippen molar-refractivity contribution in [1.29, 1.82) is 0 Å². The van der Waals surface area contributed by atoms with E-state index < -0.39 is 0 Å². The Morgan fingerprint density at radius 2 is 1.70 bits per heavy atom. The lowest BCUT2D eigenvalue weighted by atomic mass is 10.1. The number of aromatic nitrogens is 3. The molecule has 0 aliphatic carbocycles. The van der Waals surface area contributed by atoms with Crippen LogP contribution in [-0.2, 0) is 12.3 Å². The summed E-state index contributed by atoms with van der Waals surface area (Å²) in [7, 11) is 0. The fourth-order valence-corrected chi connectivity index (χ4v) is 3.41. The van der Waals surface area contributed by atoms with E-state index in [4.69, 9.17) is 11.6 Å². The number of benzene rings is 2. The Morgan fingerprint density at radius 1 is 1.00 bits per heavy atom. The molecule has 0 N–H and O–H groups in total. The van der Waals surface area contributed by atoms with Crippen molar-refractivity contribution in [3.8, 4) is 11.4 Å². The predicted octanol–water partition coefficient (Wildman–Crippen LogP) is 5.22. The van der Waals surface area contributed by atoms with Gasteiger partial charge in [-0.2, -0.15) is 0 Å². The van der Waals surface area contributed by atoms with Crippen molar-refractivity contribution in [2.45, 2.75) is 31.3 Å². The lowest BCUT2D eigenvalue weighted by Crippen LogP contribution is -1.99. The number of aryl methyl sites for hydroxylation is 1. The first kappa shape index (κ1) is 16.1. The SMILES string of the molecule is CCn1c(SCc2ccc(Cl)cc2)nnc1-c1ccc(C)cc1. The molecule has 0 aliphatic rings. The van der Waals surface area contributed by atoms with Crippen molar-refractivity contribution in [2.24, 2.45) is 0 Å². The first-order chi connectivity index (χ1) is 11.2. The number of hydrogen-bond acceptors (Lipinski definition) is 3. The molecule has 3 nitrogen and oxygen atoms in total. The van der Waals surface area contributed by atoms with Crippen LogP contribution in [0.5, 0.6) is 0 Å². The van der Waals surface area contributed by atoms with Crippen molar-refractivity contribution in [3.05, 3.63) is 64.7 Å². The molecule has 1 heterocycles. The molecule has 0 aliphatic heterocycles. The van der Waals surface area contributed by atoms with Crippen molar-refractivity contribution < 1.29 is 0 Å². The molecule has 0 saturated heterocycles. The third kappa shape index (κ3) is 3.77. The summed E-state index contributed by atoms with van der Waals surface area (Å²) in [6.45, 7) is 5.05. The Bertz CT molecular complexity index is 779. The van der Waals surface area contributed by atoms with Crippen LogP contribution in [-0.4, -0.2) is 14.8 Å². The van der Waals surface area contributed by atoms with Gasteiger partial charge in [0.15, 0.2) is 11.0 Å². The summed E-state index contributed by atoms with van der Waals surface area (Å²) in [5.74, 6) is 1.77. The Balaban J connectivity index is 1.80.